The molecule has 0 radical (unpaired) electrons. The van der Waals surface area contributed by atoms with E-state index in [-0.39, 0.29) is 24.1 Å². The van der Waals surface area contributed by atoms with Crippen molar-refractivity contribution >= 4 is 40.7 Å². The smallest absolute Gasteiger partial charge is 0.253 e. The standard InChI is InChI=1S/C20H20ClN3O3/c1-23(2)20(27)13-4-3-5-16(10-13)22-19(26)14-11-18(25)24(12-14)17-8-6-15(21)7-9-17/h3-10,14H,11-12H2,1-2H3,(H,22,26). The minimum absolute atomic E-state index is 0.103. The van der Waals surface area contributed by atoms with Crippen molar-refractivity contribution in [3.8, 4) is 0 Å². The molecule has 0 bridgehead atoms. The molecular formula is C20H20ClN3O3. The van der Waals surface area contributed by atoms with Crippen molar-refractivity contribution in [2.45, 2.75) is 6.42 Å². The fourth-order valence-corrected chi connectivity index (χ4v) is 3.11. The third-order valence-electron chi connectivity index (χ3n) is 4.42. The molecule has 1 unspecified atom stereocenters. The predicted octanol–water partition coefficient (Wildman–Crippen LogP) is 3.03. The maximum absolute atomic E-state index is 12.6. The first kappa shape index (κ1) is 18.9. The number of hydrogen-bond donors (Lipinski definition) is 1. The number of rotatable bonds is 4. The Hall–Kier alpha value is -2.86. The Kier molecular flexibility index (Phi) is 5.46. The zero-order valence-electron chi connectivity index (χ0n) is 15.1. The van der Waals surface area contributed by atoms with E-state index in [2.05, 4.69) is 5.32 Å². The first-order valence-corrected chi connectivity index (χ1v) is 8.91. The summed E-state index contributed by atoms with van der Waals surface area (Å²) in [5, 5.41) is 3.40. The maximum atomic E-state index is 12.6. The van der Waals surface area contributed by atoms with Gasteiger partial charge in [0, 0.05) is 49.0 Å². The summed E-state index contributed by atoms with van der Waals surface area (Å²) in [5.74, 6) is -0.944. The van der Waals surface area contributed by atoms with Gasteiger partial charge < -0.3 is 15.1 Å². The van der Waals surface area contributed by atoms with Crippen molar-refractivity contribution in [3.05, 3.63) is 59.1 Å². The van der Waals surface area contributed by atoms with E-state index in [1.54, 1.807) is 67.5 Å². The Labute approximate surface area is 162 Å². The molecule has 2 aromatic rings. The van der Waals surface area contributed by atoms with Gasteiger partial charge in [0.05, 0.1) is 5.92 Å². The zero-order chi connectivity index (χ0) is 19.6. The fraction of sp³-hybridized carbons (Fsp3) is 0.250. The number of hydrogen-bond acceptors (Lipinski definition) is 3. The molecule has 27 heavy (non-hydrogen) atoms. The van der Waals surface area contributed by atoms with Gasteiger partial charge in [-0.05, 0) is 42.5 Å². The normalized spacial score (nSPS) is 16.3. The quantitative estimate of drug-likeness (QED) is 0.879. The van der Waals surface area contributed by atoms with Crippen molar-refractivity contribution < 1.29 is 14.4 Å². The third-order valence-corrected chi connectivity index (χ3v) is 4.67. The molecule has 1 heterocycles. The molecule has 1 fully saturated rings. The summed E-state index contributed by atoms with van der Waals surface area (Å²) in [6.07, 6.45) is 0.144. The number of carbonyl (C=O) groups excluding carboxylic acids is 3. The second kappa shape index (κ2) is 7.80. The van der Waals surface area contributed by atoms with Crippen LogP contribution in [0.25, 0.3) is 0 Å². The number of benzene rings is 2. The molecule has 1 atom stereocenters. The van der Waals surface area contributed by atoms with E-state index in [9.17, 15) is 14.4 Å². The van der Waals surface area contributed by atoms with Gasteiger partial charge in [0.1, 0.15) is 0 Å². The molecule has 7 heteroatoms. The molecule has 3 rings (SSSR count). The van der Waals surface area contributed by atoms with Gasteiger partial charge in [-0.3, -0.25) is 14.4 Å². The minimum atomic E-state index is -0.457. The summed E-state index contributed by atoms with van der Waals surface area (Å²) >= 11 is 5.88. The van der Waals surface area contributed by atoms with Crippen LogP contribution < -0.4 is 10.2 Å². The highest BCUT2D eigenvalue weighted by Gasteiger charge is 2.35. The molecule has 6 nitrogen and oxygen atoms in total. The summed E-state index contributed by atoms with van der Waals surface area (Å²) in [5.41, 5.74) is 1.74. The van der Waals surface area contributed by atoms with E-state index >= 15 is 0 Å². The van der Waals surface area contributed by atoms with E-state index in [0.29, 0.717) is 22.8 Å². The highest BCUT2D eigenvalue weighted by molar-refractivity contribution is 6.30. The molecule has 1 aliphatic rings. The molecule has 0 spiro atoms. The van der Waals surface area contributed by atoms with E-state index < -0.39 is 5.92 Å². The van der Waals surface area contributed by atoms with Crippen molar-refractivity contribution in [1.29, 1.82) is 0 Å². The highest BCUT2D eigenvalue weighted by atomic mass is 35.5. The summed E-state index contributed by atoms with van der Waals surface area (Å²) in [6, 6.07) is 13.7. The van der Waals surface area contributed by atoms with Crippen LogP contribution in [0.15, 0.2) is 48.5 Å². The van der Waals surface area contributed by atoms with Gasteiger partial charge in [-0.2, -0.15) is 0 Å². The average molecular weight is 386 g/mol. The Morgan fingerprint density at radius 3 is 2.52 bits per heavy atom. The minimum Gasteiger partial charge on any atom is -0.345 e. The second-order valence-electron chi connectivity index (χ2n) is 6.65. The molecule has 0 aromatic heterocycles. The van der Waals surface area contributed by atoms with Crippen LogP contribution in [0.1, 0.15) is 16.8 Å². The lowest BCUT2D eigenvalue weighted by molar-refractivity contribution is -0.122. The van der Waals surface area contributed by atoms with Crippen LogP contribution in [0.4, 0.5) is 11.4 Å². The Morgan fingerprint density at radius 2 is 1.85 bits per heavy atom. The van der Waals surface area contributed by atoms with E-state index in [1.165, 1.54) is 4.90 Å². The number of amides is 3. The lowest BCUT2D eigenvalue weighted by atomic mass is 10.1. The maximum Gasteiger partial charge on any atom is 0.253 e. The fourth-order valence-electron chi connectivity index (χ4n) is 2.99. The Morgan fingerprint density at radius 1 is 1.15 bits per heavy atom. The van der Waals surface area contributed by atoms with Crippen LogP contribution in [-0.2, 0) is 9.59 Å². The molecule has 1 saturated heterocycles. The molecule has 1 aliphatic heterocycles. The van der Waals surface area contributed by atoms with Crippen LogP contribution in [-0.4, -0.2) is 43.3 Å². The number of carbonyl (C=O) groups is 3. The molecular weight excluding hydrogens is 366 g/mol. The van der Waals surface area contributed by atoms with Crippen molar-refractivity contribution in [2.24, 2.45) is 5.92 Å². The summed E-state index contributed by atoms with van der Waals surface area (Å²) in [7, 11) is 3.34. The number of nitrogens with one attached hydrogen (secondary N) is 1. The number of halogens is 1. The van der Waals surface area contributed by atoms with E-state index in [0.717, 1.165) is 5.69 Å². The first-order valence-electron chi connectivity index (χ1n) is 8.53. The highest BCUT2D eigenvalue weighted by Crippen LogP contribution is 2.27. The van der Waals surface area contributed by atoms with Crippen LogP contribution in [0.3, 0.4) is 0 Å². The molecule has 3 amide bonds. The summed E-state index contributed by atoms with van der Waals surface area (Å²) in [4.78, 5) is 40.0. The zero-order valence-corrected chi connectivity index (χ0v) is 15.9. The molecule has 2 aromatic carbocycles. The monoisotopic (exact) mass is 385 g/mol. The van der Waals surface area contributed by atoms with E-state index in [1.807, 2.05) is 0 Å². The topological polar surface area (TPSA) is 69.7 Å². The Balaban J connectivity index is 1.69. The summed E-state index contributed by atoms with van der Waals surface area (Å²) in [6.45, 7) is 0.308. The number of anilines is 2. The SMILES string of the molecule is CN(C)C(=O)c1cccc(NC(=O)C2CC(=O)N(c3ccc(Cl)cc3)C2)c1. The first-order chi connectivity index (χ1) is 12.8. The van der Waals surface area contributed by atoms with Gasteiger partial charge in [-0.15, -0.1) is 0 Å². The van der Waals surface area contributed by atoms with Gasteiger partial charge in [-0.25, -0.2) is 0 Å². The van der Waals surface area contributed by atoms with Gasteiger partial charge in [0.2, 0.25) is 11.8 Å². The van der Waals surface area contributed by atoms with Gasteiger partial charge in [0.25, 0.3) is 5.91 Å². The van der Waals surface area contributed by atoms with Crippen molar-refractivity contribution in [3.63, 3.8) is 0 Å². The van der Waals surface area contributed by atoms with Gasteiger partial charge in [-0.1, -0.05) is 17.7 Å². The summed E-state index contributed by atoms with van der Waals surface area (Å²) < 4.78 is 0. The average Bonchev–Trinajstić information content (AvgIpc) is 3.04. The lowest BCUT2D eigenvalue weighted by Crippen LogP contribution is -2.28. The molecule has 0 aliphatic carbocycles. The van der Waals surface area contributed by atoms with Crippen LogP contribution >= 0.6 is 11.6 Å². The van der Waals surface area contributed by atoms with Gasteiger partial charge in [0.15, 0.2) is 0 Å². The molecule has 0 saturated carbocycles. The van der Waals surface area contributed by atoms with E-state index in [4.69, 9.17) is 11.6 Å². The number of nitrogens with zero attached hydrogens (tertiary/aromatic N) is 2. The van der Waals surface area contributed by atoms with Crippen LogP contribution in [0.2, 0.25) is 5.02 Å². The largest absolute Gasteiger partial charge is 0.345 e. The second-order valence-corrected chi connectivity index (χ2v) is 7.09. The van der Waals surface area contributed by atoms with Crippen molar-refractivity contribution in [1.82, 2.24) is 4.90 Å². The van der Waals surface area contributed by atoms with Crippen molar-refractivity contribution in [2.75, 3.05) is 30.9 Å². The Bertz CT molecular complexity index is 880. The lowest BCUT2D eigenvalue weighted by Gasteiger charge is -2.17. The predicted molar refractivity (Wildman–Crippen MR) is 105 cm³/mol. The van der Waals surface area contributed by atoms with Gasteiger partial charge >= 0.3 is 0 Å². The third kappa shape index (κ3) is 4.28. The molecule has 140 valence electrons. The van der Waals surface area contributed by atoms with Crippen LogP contribution in [0, 0.1) is 5.92 Å². The van der Waals surface area contributed by atoms with Crippen LogP contribution in [0.5, 0.6) is 0 Å². The molecule has 1 N–H and O–H groups in total.